The lowest BCUT2D eigenvalue weighted by Gasteiger charge is -2.40. The summed E-state index contributed by atoms with van der Waals surface area (Å²) in [6.07, 6.45) is 7.15. The van der Waals surface area contributed by atoms with Crippen molar-refractivity contribution >= 4 is 5.97 Å². The van der Waals surface area contributed by atoms with E-state index in [1.54, 1.807) is 6.92 Å². The van der Waals surface area contributed by atoms with Crippen LogP contribution in [0.5, 0.6) is 0 Å². The van der Waals surface area contributed by atoms with E-state index < -0.39 is 42.8 Å². The van der Waals surface area contributed by atoms with Gasteiger partial charge in [-0.3, -0.25) is 4.79 Å². The van der Waals surface area contributed by atoms with Gasteiger partial charge in [0.1, 0.15) is 18.3 Å². The average molecular weight is 463 g/mol. The van der Waals surface area contributed by atoms with Crippen LogP contribution in [0.25, 0.3) is 0 Å². The normalized spacial score (nSPS) is 27.9. The maximum Gasteiger partial charge on any atom is 0.305 e. The molecule has 1 aliphatic rings. The second-order valence-electron chi connectivity index (χ2n) is 9.35. The fraction of sp³-hybridized carbons (Fsp3) is 0.958. The average Bonchev–Trinajstić information content (AvgIpc) is 2.73. The number of carboxylic acid groups (broad SMARTS) is 1. The van der Waals surface area contributed by atoms with E-state index in [0.717, 1.165) is 32.1 Å². The van der Waals surface area contributed by atoms with Gasteiger partial charge in [0.05, 0.1) is 24.7 Å². The molecule has 1 rings (SSSR count). The third kappa shape index (κ3) is 12.5. The smallest absolute Gasteiger partial charge is 0.305 e. The lowest BCUT2D eigenvalue weighted by Crippen LogP contribution is -2.58. The largest absolute Gasteiger partial charge is 0.481 e. The van der Waals surface area contributed by atoms with Gasteiger partial charge < -0.3 is 35.0 Å². The summed E-state index contributed by atoms with van der Waals surface area (Å²) < 4.78 is 11.1. The molecule has 7 atom stereocenters. The summed E-state index contributed by atoms with van der Waals surface area (Å²) in [4.78, 5) is 11.2. The van der Waals surface area contributed by atoms with Gasteiger partial charge in [0, 0.05) is 0 Å². The van der Waals surface area contributed by atoms with Crippen LogP contribution >= 0.6 is 0 Å². The van der Waals surface area contributed by atoms with E-state index in [-0.39, 0.29) is 12.5 Å². The number of carboxylic acids is 1. The molecule has 1 fully saturated rings. The van der Waals surface area contributed by atoms with Gasteiger partial charge in [0.15, 0.2) is 6.29 Å². The molecular weight excluding hydrogens is 416 g/mol. The second kappa shape index (κ2) is 16.8. The molecule has 1 saturated heterocycles. The summed E-state index contributed by atoms with van der Waals surface area (Å²) in [6.45, 7) is 3.41. The fourth-order valence-corrected chi connectivity index (χ4v) is 4.13. The van der Waals surface area contributed by atoms with E-state index in [2.05, 4.69) is 0 Å². The van der Waals surface area contributed by atoms with Crippen LogP contribution < -0.4 is 0 Å². The number of ether oxygens (including phenoxy) is 2. The Morgan fingerprint density at radius 3 is 1.75 bits per heavy atom. The molecule has 5 N–H and O–H groups in total. The Hall–Kier alpha value is -0.770. The van der Waals surface area contributed by atoms with Gasteiger partial charge in [-0.2, -0.15) is 0 Å². The van der Waals surface area contributed by atoms with Crippen molar-refractivity contribution in [3.05, 3.63) is 0 Å². The Morgan fingerprint density at radius 1 is 0.812 bits per heavy atom. The molecule has 0 aromatic carbocycles. The Labute approximate surface area is 192 Å². The molecule has 0 saturated carbocycles. The molecule has 190 valence electrons. The zero-order valence-electron chi connectivity index (χ0n) is 19.9. The van der Waals surface area contributed by atoms with Crippen molar-refractivity contribution in [3.8, 4) is 0 Å². The summed E-state index contributed by atoms with van der Waals surface area (Å²) in [5, 5.41) is 48.1. The van der Waals surface area contributed by atoms with Crippen LogP contribution in [0.4, 0.5) is 0 Å². The molecule has 0 aromatic rings. The number of rotatable bonds is 18. The monoisotopic (exact) mass is 462 g/mol. The quantitative estimate of drug-likeness (QED) is 0.196. The zero-order valence-corrected chi connectivity index (χ0v) is 19.9. The van der Waals surface area contributed by atoms with E-state index in [4.69, 9.17) is 14.6 Å². The lowest BCUT2D eigenvalue weighted by atomic mass is 9.99. The number of carbonyl (C=O) groups is 1. The molecule has 0 amide bonds. The second-order valence-corrected chi connectivity index (χ2v) is 9.35. The van der Waals surface area contributed by atoms with Crippen molar-refractivity contribution in [1.29, 1.82) is 0 Å². The summed E-state index contributed by atoms with van der Waals surface area (Å²) in [5.74, 6) is -0.986. The third-order valence-electron chi connectivity index (χ3n) is 6.19. The molecule has 0 spiro atoms. The summed E-state index contributed by atoms with van der Waals surface area (Å²) in [6, 6.07) is 0. The van der Waals surface area contributed by atoms with Crippen molar-refractivity contribution in [3.63, 3.8) is 0 Å². The molecular formula is C24H46O8. The van der Waals surface area contributed by atoms with Gasteiger partial charge in [0.25, 0.3) is 0 Å². The van der Waals surface area contributed by atoms with Gasteiger partial charge in [0.2, 0.25) is 0 Å². The van der Waals surface area contributed by atoms with Gasteiger partial charge in [-0.15, -0.1) is 0 Å². The van der Waals surface area contributed by atoms with Crippen LogP contribution in [0, 0.1) is 0 Å². The molecule has 5 unspecified atom stereocenters. The molecule has 32 heavy (non-hydrogen) atoms. The highest BCUT2D eigenvalue weighted by Gasteiger charge is 2.43. The number of aliphatic carboxylic acids is 1. The first-order chi connectivity index (χ1) is 15.2. The molecule has 0 aromatic heterocycles. The lowest BCUT2D eigenvalue weighted by molar-refractivity contribution is -0.304. The number of aliphatic hydroxyl groups is 4. The van der Waals surface area contributed by atoms with Crippen LogP contribution in [0.3, 0.4) is 0 Å². The van der Waals surface area contributed by atoms with Crippen molar-refractivity contribution in [2.45, 2.75) is 147 Å². The summed E-state index contributed by atoms with van der Waals surface area (Å²) >= 11 is 0. The Balaban J connectivity index is 2.14. The van der Waals surface area contributed by atoms with Gasteiger partial charge >= 0.3 is 5.97 Å². The number of hydrogen-bond acceptors (Lipinski definition) is 7. The zero-order chi connectivity index (χ0) is 23.9. The van der Waals surface area contributed by atoms with Crippen LogP contribution in [0.15, 0.2) is 0 Å². The van der Waals surface area contributed by atoms with Crippen molar-refractivity contribution in [2.75, 3.05) is 0 Å². The van der Waals surface area contributed by atoms with Gasteiger partial charge in [-0.25, -0.2) is 0 Å². The molecule has 1 heterocycles. The standard InChI is InChI=1S/C24H46O8/c1-17(25)14-12-10-8-6-4-3-5-7-9-11-13-15-19(16-20(26)27)32-24-23(30)22(29)21(28)18(2)31-24/h17-19,21-25,28-30H,3-16H2,1-2H3,(H,26,27)/t17-,18?,19-,21?,22?,23?,24?/m1/s1. The topological polar surface area (TPSA) is 137 Å². The highest BCUT2D eigenvalue weighted by atomic mass is 16.7. The predicted molar refractivity (Wildman–Crippen MR) is 121 cm³/mol. The number of aliphatic hydroxyl groups excluding tert-OH is 4. The van der Waals surface area contributed by atoms with Crippen LogP contribution in [-0.4, -0.2) is 74.4 Å². The van der Waals surface area contributed by atoms with Crippen molar-refractivity contribution < 1.29 is 39.8 Å². The Bertz CT molecular complexity index is 487. The van der Waals surface area contributed by atoms with Crippen molar-refractivity contribution in [2.24, 2.45) is 0 Å². The van der Waals surface area contributed by atoms with E-state index in [1.807, 2.05) is 6.92 Å². The molecule has 0 bridgehead atoms. The van der Waals surface area contributed by atoms with Crippen LogP contribution in [-0.2, 0) is 14.3 Å². The minimum atomic E-state index is -1.42. The first-order valence-corrected chi connectivity index (χ1v) is 12.5. The van der Waals surface area contributed by atoms with E-state index >= 15 is 0 Å². The first kappa shape index (κ1) is 29.3. The molecule has 8 heteroatoms. The van der Waals surface area contributed by atoms with E-state index in [0.29, 0.717) is 6.42 Å². The minimum Gasteiger partial charge on any atom is -0.481 e. The van der Waals surface area contributed by atoms with E-state index in [9.17, 15) is 25.2 Å². The third-order valence-corrected chi connectivity index (χ3v) is 6.19. The maximum atomic E-state index is 11.2. The Morgan fingerprint density at radius 2 is 1.28 bits per heavy atom. The number of hydrogen-bond donors (Lipinski definition) is 5. The van der Waals surface area contributed by atoms with Gasteiger partial charge in [-0.05, 0) is 26.7 Å². The summed E-state index contributed by atoms with van der Waals surface area (Å²) in [7, 11) is 0. The highest BCUT2D eigenvalue weighted by Crippen LogP contribution is 2.25. The van der Waals surface area contributed by atoms with Crippen molar-refractivity contribution in [1.82, 2.24) is 0 Å². The first-order valence-electron chi connectivity index (χ1n) is 12.5. The van der Waals surface area contributed by atoms with Crippen LogP contribution in [0.1, 0.15) is 104 Å². The van der Waals surface area contributed by atoms with Gasteiger partial charge in [-0.1, -0.05) is 70.6 Å². The maximum absolute atomic E-state index is 11.2. The number of unbranched alkanes of at least 4 members (excludes halogenated alkanes) is 10. The predicted octanol–water partition coefficient (Wildman–Crippen LogP) is 3.13. The molecule has 8 nitrogen and oxygen atoms in total. The van der Waals surface area contributed by atoms with Crippen LogP contribution in [0.2, 0.25) is 0 Å². The molecule has 0 radical (unpaired) electrons. The fourth-order valence-electron chi connectivity index (χ4n) is 4.13. The highest BCUT2D eigenvalue weighted by molar-refractivity contribution is 5.67. The molecule has 1 aliphatic heterocycles. The van der Waals surface area contributed by atoms with E-state index in [1.165, 1.54) is 44.9 Å². The minimum absolute atomic E-state index is 0.182. The summed E-state index contributed by atoms with van der Waals surface area (Å²) in [5.41, 5.74) is 0. The molecule has 0 aliphatic carbocycles. The SMILES string of the molecule is CC1OC(O[C@H](CCCCCCCCCCCCC[C@@H](C)O)CC(=O)O)C(O)C(O)C1O. The Kier molecular flexibility index (Phi) is 15.3.